The molecule has 0 saturated heterocycles. The minimum atomic E-state index is -1.61. The second-order valence-electron chi connectivity index (χ2n) is 4.13. The van der Waals surface area contributed by atoms with E-state index in [0.29, 0.717) is 6.61 Å². The van der Waals surface area contributed by atoms with E-state index in [4.69, 9.17) is 4.74 Å². The third-order valence-corrected chi connectivity index (χ3v) is 2.84. The summed E-state index contributed by atoms with van der Waals surface area (Å²) in [6.45, 7) is 1.91. The van der Waals surface area contributed by atoms with Crippen molar-refractivity contribution in [2.24, 2.45) is 0 Å². The summed E-state index contributed by atoms with van der Waals surface area (Å²) >= 11 is 0. The molecule has 0 aliphatic heterocycles. The number of nitrogens with one attached hydrogen (secondary N) is 1. The van der Waals surface area contributed by atoms with Gasteiger partial charge >= 0.3 is 5.97 Å². The van der Waals surface area contributed by atoms with Gasteiger partial charge in [-0.15, -0.1) is 0 Å². The number of halogens is 2. The Kier molecular flexibility index (Phi) is 5.38. The van der Waals surface area contributed by atoms with Gasteiger partial charge in [-0.05, 0) is 19.1 Å². The van der Waals surface area contributed by atoms with E-state index < -0.39 is 23.1 Å². The molecule has 0 heterocycles. The van der Waals surface area contributed by atoms with Gasteiger partial charge in [-0.2, -0.15) is 0 Å². The molecule has 0 fully saturated rings. The fourth-order valence-corrected chi connectivity index (χ4v) is 1.85. The summed E-state index contributed by atoms with van der Waals surface area (Å²) in [5.74, 6) is -2.39. The van der Waals surface area contributed by atoms with E-state index in [9.17, 15) is 13.6 Å². The fraction of sp³-hybridized carbons (Fsp3) is 0.462. The van der Waals surface area contributed by atoms with Gasteiger partial charge < -0.3 is 9.47 Å². The number of hydrogen-bond acceptors (Lipinski definition) is 4. The van der Waals surface area contributed by atoms with Crippen LogP contribution >= 0.6 is 0 Å². The molecule has 0 saturated carbocycles. The lowest BCUT2D eigenvalue weighted by Gasteiger charge is -2.29. The summed E-state index contributed by atoms with van der Waals surface area (Å²) in [4.78, 5) is 11.9. The average molecular weight is 273 g/mol. The minimum Gasteiger partial charge on any atom is -0.467 e. The Morgan fingerprint density at radius 3 is 2.37 bits per heavy atom. The Labute approximate surface area is 110 Å². The van der Waals surface area contributed by atoms with Crippen molar-refractivity contribution >= 4 is 5.97 Å². The summed E-state index contributed by atoms with van der Waals surface area (Å²) in [5, 5.41) is 2.77. The molecular weight excluding hydrogens is 256 g/mol. The molecule has 1 aromatic rings. The highest BCUT2D eigenvalue weighted by atomic mass is 19.1. The predicted octanol–water partition coefficient (Wildman–Crippen LogP) is 1.59. The number of ether oxygens (including phenoxy) is 2. The van der Waals surface area contributed by atoms with Crippen LogP contribution in [0.1, 0.15) is 12.5 Å². The normalized spacial score (nSPS) is 13.9. The number of methoxy groups -OCH3 is 2. The van der Waals surface area contributed by atoms with E-state index in [0.717, 1.165) is 19.2 Å². The third-order valence-electron chi connectivity index (χ3n) is 2.84. The van der Waals surface area contributed by atoms with Crippen LogP contribution in [0.5, 0.6) is 0 Å². The summed E-state index contributed by atoms with van der Waals surface area (Å²) in [5.41, 5.74) is -1.97. The highest BCUT2D eigenvalue weighted by Gasteiger charge is 2.40. The van der Waals surface area contributed by atoms with Crippen LogP contribution in [0, 0.1) is 11.6 Å². The van der Waals surface area contributed by atoms with Gasteiger partial charge in [-0.3, -0.25) is 5.32 Å². The molecule has 1 N–H and O–H groups in total. The highest BCUT2D eigenvalue weighted by Crippen LogP contribution is 2.27. The van der Waals surface area contributed by atoms with E-state index in [1.54, 1.807) is 0 Å². The molecule has 0 bridgehead atoms. The molecular formula is C13H17F2NO3. The monoisotopic (exact) mass is 273 g/mol. The molecule has 0 aromatic heterocycles. The lowest BCUT2D eigenvalue weighted by molar-refractivity contribution is -0.148. The summed E-state index contributed by atoms with van der Waals surface area (Å²) < 4.78 is 37.1. The van der Waals surface area contributed by atoms with Crippen LogP contribution in [0.3, 0.4) is 0 Å². The fourth-order valence-electron chi connectivity index (χ4n) is 1.85. The molecule has 0 aliphatic rings. The van der Waals surface area contributed by atoms with Crippen molar-refractivity contribution < 1.29 is 23.0 Å². The molecule has 0 radical (unpaired) electrons. The molecule has 19 heavy (non-hydrogen) atoms. The SMILES string of the molecule is COCCNC(C)(C(=O)OC)c1c(F)cccc1F. The predicted molar refractivity (Wildman–Crippen MR) is 65.6 cm³/mol. The zero-order valence-electron chi connectivity index (χ0n) is 11.1. The van der Waals surface area contributed by atoms with Crippen molar-refractivity contribution in [1.82, 2.24) is 5.32 Å². The average Bonchev–Trinajstić information content (AvgIpc) is 2.37. The summed E-state index contributed by atoms with van der Waals surface area (Å²) in [6, 6.07) is 3.43. The molecule has 1 aromatic carbocycles. The number of rotatable bonds is 6. The maximum Gasteiger partial charge on any atom is 0.330 e. The zero-order chi connectivity index (χ0) is 14.5. The molecule has 4 nitrogen and oxygen atoms in total. The van der Waals surface area contributed by atoms with Crippen molar-refractivity contribution in [2.75, 3.05) is 27.4 Å². The van der Waals surface area contributed by atoms with Crippen LogP contribution in [0.4, 0.5) is 8.78 Å². The van der Waals surface area contributed by atoms with Crippen molar-refractivity contribution in [1.29, 1.82) is 0 Å². The van der Waals surface area contributed by atoms with Gasteiger partial charge in [-0.25, -0.2) is 13.6 Å². The van der Waals surface area contributed by atoms with Gasteiger partial charge in [0.1, 0.15) is 17.2 Å². The molecule has 106 valence electrons. The molecule has 0 amide bonds. The van der Waals surface area contributed by atoms with Crippen LogP contribution in [0.2, 0.25) is 0 Å². The molecule has 1 rings (SSSR count). The summed E-state index contributed by atoms with van der Waals surface area (Å²) in [6.07, 6.45) is 0. The Morgan fingerprint density at radius 1 is 1.32 bits per heavy atom. The van der Waals surface area contributed by atoms with E-state index >= 15 is 0 Å². The topological polar surface area (TPSA) is 47.6 Å². The molecule has 6 heteroatoms. The summed E-state index contributed by atoms with van der Waals surface area (Å²) in [7, 11) is 2.65. The standard InChI is InChI=1S/C13H17F2NO3/c1-13(12(17)19-3,16-7-8-18-2)11-9(14)5-4-6-10(11)15/h4-6,16H,7-8H2,1-3H3. The van der Waals surface area contributed by atoms with Gasteiger partial charge in [0, 0.05) is 13.7 Å². The van der Waals surface area contributed by atoms with Crippen LogP contribution in [-0.4, -0.2) is 33.3 Å². The third kappa shape index (κ3) is 3.27. The Bertz CT molecular complexity index is 433. The van der Waals surface area contributed by atoms with Crippen molar-refractivity contribution in [3.63, 3.8) is 0 Å². The maximum absolute atomic E-state index is 13.8. The van der Waals surface area contributed by atoms with E-state index in [1.165, 1.54) is 20.1 Å². The van der Waals surface area contributed by atoms with Crippen molar-refractivity contribution in [3.8, 4) is 0 Å². The Morgan fingerprint density at radius 2 is 1.89 bits per heavy atom. The van der Waals surface area contributed by atoms with Crippen LogP contribution < -0.4 is 5.32 Å². The van der Waals surface area contributed by atoms with Crippen molar-refractivity contribution in [3.05, 3.63) is 35.4 Å². The van der Waals surface area contributed by atoms with E-state index in [2.05, 4.69) is 10.1 Å². The minimum absolute atomic E-state index is 0.246. The first-order valence-corrected chi connectivity index (χ1v) is 5.74. The van der Waals surface area contributed by atoms with Crippen LogP contribution in [0.25, 0.3) is 0 Å². The highest BCUT2D eigenvalue weighted by molar-refractivity contribution is 5.82. The largest absolute Gasteiger partial charge is 0.467 e. The smallest absolute Gasteiger partial charge is 0.330 e. The second-order valence-corrected chi connectivity index (χ2v) is 4.13. The maximum atomic E-state index is 13.8. The second kappa shape index (κ2) is 6.58. The number of benzene rings is 1. The first-order valence-electron chi connectivity index (χ1n) is 5.74. The quantitative estimate of drug-likeness (QED) is 0.631. The number of carbonyl (C=O) groups excluding carboxylic acids is 1. The molecule has 1 atom stereocenters. The van der Waals surface area contributed by atoms with Crippen LogP contribution in [-0.2, 0) is 19.8 Å². The zero-order valence-corrected chi connectivity index (χ0v) is 11.1. The molecule has 0 spiro atoms. The molecule has 1 unspecified atom stereocenters. The molecule has 0 aliphatic carbocycles. The lowest BCUT2D eigenvalue weighted by Crippen LogP contribution is -2.49. The lowest BCUT2D eigenvalue weighted by atomic mass is 9.91. The number of carbonyl (C=O) groups is 1. The number of esters is 1. The van der Waals surface area contributed by atoms with Crippen molar-refractivity contribution in [2.45, 2.75) is 12.5 Å². The van der Waals surface area contributed by atoms with Gasteiger partial charge in [0.05, 0.1) is 19.3 Å². The number of hydrogen-bond donors (Lipinski definition) is 1. The van der Waals surface area contributed by atoms with Gasteiger partial charge in [0.2, 0.25) is 0 Å². The van der Waals surface area contributed by atoms with Gasteiger partial charge in [0.15, 0.2) is 0 Å². The van der Waals surface area contributed by atoms with Crippen LogP contribution in [0.15, 0.2) is 18.2 Å². The Hall–Kier alpha value is -1.53. The van der Waals surface area contributed by atoms with Gasteiger partial charge in [-0.1, -0.05) is 6.07 Å². The van der Waals surface area contributed by atoms with E-state index in [-0.39, 0.29) is 12.1 Å². The first-order chi connectivity index (χ1) is 8.97. The first kappa shape index (κ1) is 15.5. The van der Waals surface area contributed by atoms with Gasteiger partial charge in [0.25, 0.3) is 0 Å². The van der Waals surface area contributed by atoms with E-state index in [1.807, 2.05) is 0 Å². The Balaban J connectivity index is 3.19.